The summed E-state index contributed by atoms with van der Waals surface area (Å²) in [4.78, 5) is 12.1. The number of aliphatic hydroxyl groups excluding tert-OH is 8. The van der Waals surface area contributed by atoms with Gasteiger partial charge in [-0.3, -0.25) is 4.79 Å². The zero-order valence-corrected chi connectivity index (χ0v) is 28.8. The number of hydrogen-bond acceptors (Lipinski definition) is 16. The summed E-state index contributed by atoms with van der Waals surface area (Å²) in [5.41, 5.74) is 3.69. The molecule has 0 unspecified atom stereocenters. The molecule has 3 fully saturated rings. The molecule has 3 saturated heterocycles. The third-order valence-electron chi connectivity index (χ3n) is 8.65. The summed E-state index contributed by atoms with van der Waals surface area (Å²) in [6.07, 6.45) is -15.6. The number of carbonyl (C=O) groups excluding carboxylic acids is 1. The van der Waals surface area contributed by atoms with Gasteiger partial charge in [0.1, 0.15) is 73.2 Å². The Kier molecular flexibility index (Phi) is 20.1. The molecule has 19 heteroatoms. The predicted octanol–water partition coefficient (Wildman–Crippen LogP) is -7.77. The van der Waals surface area contributed by atoms with Crippen molar-refractivity contribution in [1.82, 2.24) is 5.32 Å². The first-order valence-corrected chi connectivity index (χ1v) is 16.8. The molecule has 0 aliphatic carbocycles. The molecule has 0 radical (unpaired) electrons. The lowest BCUT2D eigenvalue weighted by Crippen LogP contribution is -3.00. The Balaban J connectivity index is 0.00000833. The number of ether oxygens (including phenoxy) is 7. The van der Waals surface area contributed by atoms with Gasteiger partial charge in [0, 0.05) is 13.5 Å². The summed E-state index contributed by atoms with van der Waals surface area (Å²) in [5, 5.41) is 87.2. The Bertz CT molecular complexity index is 929. The van der Waals surface area contributed by atoms with Crippen LogP contribution >= 0.6 is 0 Å². The van der Waals surface area contributed by atoms with Crippen LogP contribution in [-0.4, -0.2) is 178 Å². The molecular formula is C30H57ClN2O16. The zero-order chi connectivity index (χ0) is 35.4. The highest BCUT2D eigenvalue weighted by Crippen LogP contribution is 2.33. The molecular weight excluding hydrogens is 680 g/mol. The largest absolute Gasteiger partial charge is 1.00 e. The number of quaternary nitrogens is 1. The number of carbonyl (C=O) groups is 1. The van der Waals surface area contributed by atoms with Gasteiger partial charge in [0.05, 0.1) is 33.0 Å². The van der Waals surface area contributed by atoms with Crippen LogP contribution in [0.25, 0.3) is 0 Å². The Morgan fingerprint density at radius 1 is 0.694 bits per heavy atom. The first kappa shape index (κ1) is 44.3. The maximum Gasteiger partial charge on any atom is 0.217 e. The van der Waals surface area contributed by atoms with Crippen LogP contribution < -0.4 is 23.5 Å². The van der Waals surface area contributed by atoms with Crippen molar-refractivity contribution in [2.75, 3.05) is 39.6 Å². The fourth-order valence-electron chi connectivity index (χ4n) is 5.95. The molecule has 0 bridgehead atoms. The summed E-state index contributed by atoms with van der Waals surface area (Å²) in [7, 11) is 0. The Hall–Kier alpha value is -0.880. The van der Waals surface area contributed by atoms with E-state index in [1.807, 2.05) is 0 Å². The van der Waals surface area contributed by atoms with Gasteiger partial charge in [-0.1, -0.05) is 39.0 Å². The molecule has 0 aromatic rings. The highest BCUT2D eigenvalue weighted by Gasteiger charge is 2.54. The molecule has 3 aliphatic heterocycles. The van der Waals surface area contributed by atoms with Crippen LogP contribution in [0.3, 0.4) is 0 Å². The van der Waals surface area contributed by atoms with Crippen molar-refractivity contribution in [3.8, 4) is 0 Å². The molecule has 1 amide bonds. The van der Waals surface area contributed by atoms with E-state index in [0.29, 0.717) is 13.0 Å². The highest BCUT2D eigenvalue weighted by atomic mass is 35.5. The molecule has 0 saturated carbocycles. The Morgan fingerprint density at radius 2 is 1.29 bits per heavy atom. The maximum absolute atomic E-state index is 12.1. The van der Waals surface area contributed by atoms with Crippen LogP contribution in [0.2, 0.25) is 0 Å². The van der Waals surface area contributed by atoms with Crippen LogP contribution in [0.4, 0.5) is 0 Å². The van der Waals surface area contributed by atoms with E-state index in [1.54, 1.807) is 0 Å². The van der Waals surface area contributed by atoms with Crippen molar-refractivity contribution >= 4 is 5.91 Å². The normalized spacial score (nSPS) is 39.7. The minimum Gasteiger partial charge on any atom is -1.00 e. The molecule has 49 heavy (non-hydrogen) atoms. The lowest BCUT2D eigenvalue weighted by molar-refractivity contribution is -0.383. The topological polar surface area (TPSA) is 283 Å². The van der Waals surface area contributed by atoms with Crippen LogP contribution in [0, 0.1) is 0 Å². The maximum atomic E-state index is 12.1. The molecule has 12 N–H and O–H groups in total. The van der Waals surface area contributed by atoms with E-state index >= 15 is 0 Å². The SMILES string of the molecule is CCCCCCCCO[C@@H]1O[C@H](CO)[C@@H](O[C@@H]2O[C@H](COCC[NH3+])[C@H](O)[C@H](O[C@H]3O[C@H](CO)[C@H](O)[C@H](O)[C@H]3O)[C@H]2O)[C@H](O)[C@H]1NC(C)=O.[Cl-]. The molecule has 0 aromatic heterocycles. The average Bonchev–Trinajstić information content (AvgIpc) is 3.06. The molecule has 290 valence electrons. The monoisotopic (exact) mass is 736 g/mol. The van der Waals surface area contributed by atoms with Gasteiger partial charge in [-0.15, -0.1) is 0 Å². The number of rotatable bonds is 19. The van der Waals surface area contributed by atoms with Crippen molar-refractivity contribution in [3.63, 3.8) is 0 Å². The molecule has 3 heterocycles. The lowest BCUT2D eigenvalue weighted by atomic mass is 9.95. The number of aliphatic hydroxyl groups is 8. The molecule has 0 spiro atoms. The highest BCUT2D eigenvalue weighted by molar-refractivity contribution is 5.73. The molecule has 15 atom stereocenters. The van der Waals surface area contributed by atoms with Gasteiger partial charge in [-0.2, -0.15) is 0 Å². The summed E-state index contributed by atoms with van der Waals surface area (Å²) < 4.78 is 40.3. The molecule has 18 nitrogen and oxygen atoms in total. The van der Waals surface area contributed by atoms with E-state index in [-0.39, 0.29) is 32.2 Å². The van der Waals surface area contributed by atoms with E-state index < -0.39 is 111 Å². The van der Waals surface area contributed by atoms with Crippen LogP contribution in [0.5, 0.6) is 0 Å². The van der Waals surface area contributed by atoms with E-state index in [4.69, 9.17) is 33.2 Å². The Morgan fingerprint density at radius 3 is 1.92 bits per heavy atom. The molecule has 3 aliphatic rings. The minimum absolute atomic E-state index is 0. The zero-order valence-electron chi connectivity index (χ0n) is 28.1. The number of unbranched alkanes of at least 4 members (excludes halogenated alkanes) is 5. The second-order valence-corrected chi connectivity index (χ2v) is 12.4. The predicted molar refractivity (Wildman–Crippen MR) is 161 cm³/mol. The smallest absolute Gasteiger partial charge is 0.217 e. The first-order chi connectivity index (χ1) is 23.0. The van der Waals surface area contributed by atoms with Gasteiger partial charge in [0.2, 0.25) is 5.91 Å². The fourth-order valence-corrected chi connectivity index (χ4v) is 5.95. The quantitative estimate of drug-likeness (QED) is 0.0551. The van der Waals surface area contributed by atoms with Crippen LogP contribution in [0.1, 0.15) is 52.4 Å². The summed E-state index contributed by atoms with van der Waals surface area (Å²) in [6, 6.07) is -1.14. The molecule has 0 aromatic carbocycles. The van der Waals surface area contributed by atoms with Gasteiger partial charge in [0.15, 0.2) is 18.9 Å². The van der Waals surface area contributed by atoms with Crippen molar-refractivity contribution < 1.29 is 96.9 Å². The second kappa shape index (κ2) is 22.2. The van der Waals surface area contributed by atoms with Crippen molar-refractivity contribution in [3.05, 3.63) is 0 Å². The minimum atomic E-state index is -1.84. The van der Waals surface area contributed by atoms with E-state index in [1.165, 1.54) is 6.92 Å². The van der Waals surface area contributed by atoms with Crippen molar-refractivity contribution in [2.45, 2.75) is 144 Å². The summed E-state index contributed by atoms with van der Waals surface area (Å²) in [5.74, 6) is -0.496. The fraction of sp³-hybridized carbons (Fsp3) is 0.967. The van der Waals surface area contributed by atoms with Crippen LogP contribution in [-0.2, 0) is 38.0 Å². The summed E-state index contributed by atoms with van der Waals surface area (Å²) >= 11 is 0. The average molecular weight is 737 g/mol. The van der Waals surface area contributed by atoms with Gasteiger partial charge < -0.3 is 97.5 Å². The number of nitrogens with one attached hydrogen (secondary N) is 1. The van der Waals surface area contributed by atoms with Crippen molar-refractivity contribution in [1.29, 1.82) is 0 Å². The standard InChI is InChI=1S/C30H56N2O16.ClH/c1-3-4-5-6-7-8-10-43-28-19(32-15(2)35)22(38)26(17(13-34)45-28)47-30-25(41)27(21(37)18(46-30)14-42-11-9-31)48-29-24(40)23(39)20(36)16(12-33)44-29;/h16-30,33-34,36-41H,3-14,31H2,1-2H3,(H,32,35);1H/t16-,17-,18-,19-,20+,21+,22-,23+,24-,25-,26-,27+,28-,29-,30+;/m1./s1. The van der Waals surface area contributed by atoms with Crippen LogP contribution in [0.15, 0.2) is 0 Å². The van der Waals surface area contributed by atoms with Gasteiger partial charge in [0.25, 0.3) is 0 Å². The van der Waals surface area contributed by atoms with Gasteiger partial charge >= 0.3 is 0 Å². The van der Waals surface area contributed by atoms with E-state index in [0.717, 1.165) is 32.1 Å². The Labute approximate surface area is 292 Å². The number of hydrogen-bond donors (Lipinski definition) is 10. The molecule has 3 rings (SSSR count). The second-order valence-electron chi connectivity index (χ2n) is 12.4. The van der Waals surface area contributed by atoms with E-state index in [9.17, 15) is 45.6 Å². The van der Waals surface area contributed by atoms with Gasteiger partial charge in [-0.05, 0) is 6.42 Å². The number of halogens is 1. The summed E-state index contributed by atoms with van der Waals surface area (Å²) in [6.45, 7) is 2.62. The lowest BCUT2D eigenvalue weighted by Gasteiger charge is -2.49. The third kappa shape index (κ3) is 12.1. The van der Waals surface area contributed by atoms with Crippen molar-refractivity contribution in [2.24, 2.45) is 0 Å². The number of amides is 1. The van der Waals surface area contributed by atoms with E-state index in [2.05, 4.69) is 18.0 Å². The third-order valence-corrected chi connectivity index (χ3v) is 8.65. The van der Waals surface area contributed by atoms with Gasteiger partial charge in [-0.25, -0.2) is 0 Å². The first-order valence-electron chi connectivity index (χ1n) is 16.8.